The van der Waals surface area contributed by atoms with E-state index in [1.807, 2.05) is 65.4 Å². The van der Waals surface area contributed by atoms with Crippen LogP contribution < -0.4 is 5.32 Å². The van der Waals surface area contributed by atoms with Crippen LogP contribution in [0, 0.1) is 0 Å². The number of aromatic nitrogens is 3. The molecule has 1 atom stereocenters. The van der Waals surface area contributed by atoms with Crippen molar-refractivity contribution in [2.45, 2.75) is 43.4 Å². The maximum absolute atomic E-state index is 12.6. The number of nitrogens with one attached hydrogen (secondary N) is 1. The van der Waals surface area contributed by atoms with Crippen molar-refractivity contribution in [2.24, 2.45) is 0 Å². The Morgan fingerprint density at radius 3 is 2.63 bits per heavy atom. The van der Waals surface area contributed by atoms with Crippen LogP contribution in [-0.4, -0.2) is 20.3 Å². The molecule has 0 radical (unpaired) electrons. The number of carbonyl (C=O) groups excluding carboxylic acids is 1. The summed E-state index contributed by atoms with van der Waals surface area (Å²) >= 11 is 3.35. The predicted molar refractivity (Wildman–Crippen MR) is 123 cm³/mol. The first-order valence-electron chi connectivity index (χ1n) is 9.91. The zero-order chi connectivity index (χ0) is 21.1. The lowest BCUT2D eigenvalue weighted by Gasteiger charge is -2.12. The van der Waals surface area contributed by atoms with Crippen molar-refractivity contribution in [3.63, 3.8) is 0 Å². The van der Waals surface area contributed by atoms with Crippen molar-refractivity contribution in [1.82, 2.24) is 19.7 Å². The Kier molecular flexibility index (Phi) is 6.20. The second-order valence-corrected chi connectivity index (χ2v) is 9.41. The van der Waals surface area contributed by atoms with Crippen LogP contribution in [0.15, 0.2) is 65.1 Å². The minimum absolute atomic E-state index is 0.0847. The Morgan fingerprint density at radius 2 is 1.93 bits per heavy atom. The van der Waals surface area contributed by atoms with E-state index in [2.05, 4.69) is 35.3 Å². The molecule has 0 bridgehead atoms. The van der Waals surface area contributed by atoms with Crippen molar-refractivity contribution in [1.29, 1.82) is 0 Å². The summed E-state index contributed by atoms with van der Waals surface area (Å²) in [5.41, 5.74) is 3.55. The van der Waals surface area contributed by atoms with Crippen LogP contribution in [0.25, 0.3) is 5.65 Å². The Bertz CT molecular complexity index is 1110. The van der Waals surface area contributed by atoms with E-state index in [0.29, 0.717) is 11.5 Å². The normalized spacial score (nSPS) is 12.4. The standard InChI is InChI=1S/C23H24N4OS2/c1-15(2)23-26-20(14-30-23)16(3)24-22(28)17-7-9-19(10-8-17)29-13-18-12-27-11-5-4-6-21(27)25-18/h4-12,14-16H,13H2,1-3H3,(H,24,28). The number of rotatable bonds is 7. The molecule has 1 unspecified atom stereocenters. The molecule has 0 aliphatic carbocycles. The minimum Gasteiger partial charge on any atom is -0.344 e. The Labute approximate surface area is 184 Å². The van der Waals surface area contributed by atoms with E-state index in [1.165, 1.54) is 0 Å². The number of pyridine rings is 1. The maximum Gasteiger partial charge on any atom is 0.251 e. The van der Waals surface area contributed by atoms with E-state index in [0.717, 1.165) is 32.7 Å². The smallest absolute Gasteiger partial charge is 0.251 e. The lowest BCUT2D eigenvalue weighted by Crippen LogP contribution is -2.26. The molecular weight excluding hydrogens is 412 g/mol. The number of nitrogens with zero attached hydrogens (tertiary/aromatic N) is 3. The molecule has 5 nitrogen and oxygen atoms in total. The summed E-state index contributed by atoms with van der Waals surface area (Å²) in [6.45, 7) is 6.22. The fourth-order valence-corrected chi connectivity index (χ4v) is 4.75. The molecule has 0 aliphatic rings. The average molecular weight is 437 g/mol. The highest BCUT2D eigenvalue weighted by atomic mass is 32.2. The van der Waals surface area contributed by atoms with Crippen LogP contribution in [0.3, 0.4) is 0 Å². The van der Waals surface area contributed by atoms with Crippen LogP contribution in [-0.2, 0) is 5.75 Å². The highest BCUT2D eigenvalue weighted by Crippen LogP contribution is 2.25. The minimum atomic E-state index is -0.120. The first-order chi connectivity index (χ1) is 14.5. The van der Waals surface area contributed by atoms with Crippen LogP contribution >= 0.6 is 23.1 Å². The molecule has 0 saturated carbocycles. The zero-order valence-corrected chi connectivity index (χ0v) is 18.8. The summed E-state index contributed by atoms with van der Waals surface area (Å²) in [5, 5.41) is 6.17. The fraction of sp³-hybridized carbons (Fsp3) is 0.261. The van der Waals surface area contributed by atoms with Crippen LogP contribution in [0.1, 0.15) is 59.5 Å². The molecule has 1 amide bonds. The molecule has 3 heterocycles. The second kappa shape index (κ2) is 9.02. The average Bonchev–Trinajstić information content (AvgIpc) is 3.39. The van der Waals surface area contributed by atoms with Gasteiger partial charge in [0.05, 0.1) is 22.4 Å². The van der Waals surface area contributed by atoms with Crippen LogP contribution in [0.2, 0.25) is 0 Å². The third-order valence-corrected chi connectivity index (χ3v) is 6.95. The molecule has 0 saturated heterocycles. The summed E-state index contributed by atoms with van der Waals surface area (Å²) in [4.78, 5) is 23.0. The summed E-state index contributed by atoms with van der Waals surface area (Å²) in [5.74, 6) is 1.10. The molecule has 1 N–H and O–H groups in total. The third kappa shape index (κ3) is 4.74. The summed E-state index contributed by atoms with van der Waals surface area (Å²) in [7, 11) is 0. The van der Waals surface area contributed by atoms with Crippen molar-refractivity contribution in [2.75, 3.05) is 0 Å². The molecule has 3 aromatic heterocycles. The van der Waals surface area contributed by atoms with E-state index in [1.54, 1.807) is 23.1 Å². The monoisotopic (exact) mass is 436 g/mol. The number of imidazole rings is 1. The molecule has 0 aliphatic heterocycles. The van der Waals surface area contributed by atoms with E-state index >= 15 is 0 Å². The summed E-state index contributed by atoms with van der Waals surface area (Å²) in [6, 6.07) is 13.6. The number of fused-ring (bicyclic) bond motifs is 1. The SMILES string of the molecule is CC(C)c1nc(C(C)NC(=O)c2ccc(SCc3cn4ccccc4n3)cc2)cs1. The van der Waals surface area contributed by atoms with Gasteiger partial charge in [0, 0.05) is 39.9 Å². The van der Waals surface area contributed by atoms with Gasteiger partial charge in [-0.2, -0.15) is 0 Å². The van der Waals surface area contributed by atoms with Gasteiger partial charge in [-0.05, 0) is 43.3 Å². The highest BCUT2D eigenvalue weighted by Gasteiger charge is 2.15. The van der Waals surface area contributed by atoms with Gasteiger partial charge in [0.1, 0.15) is 5.65 Å². The first kappa shape index (κ1) is 20.6. The molecule has 7 heteroatoms. The van der Waals surface area contributed by atoms with Crippen molar-refractivity contribution >= 4 is 34.7 Å². The van der Waals surface area contributed by atoms with Crippen molar-refractivity contribution in [3.8, 4) is 0 Å². The fourth-order valence-electron chi connectivity index (χ4n) is 3.04. The highest BCUT2D eigenvalue weighted by molar-refractivity contribution is 7.98. The predicted octanol–water partition coefficient (Wildman–Crippen LogP) is 5.70. The molecule has 30 heavy (non-hydrogen) atoms. The molecule has 4 aromatic rings. The topological polar surface area (TPSA) is 59.3 Å². The molecule has 0 spiro atoms. The van der Waals surface area contributed by atoms with Gasteiger partial charge in [0.2, 0.25) is 0 Å². The van der Waals surface area contributed by atoms with Crippen molar-refractivity contribution < 1.29 is 4.79 Å². The van der Waals surface area contributed by atoms with Crippen LogP contribution in [0.5, 0.6) is 0 Å². The third-order valence-electron chi connectivity index (χ3n) is 4.74. The van der Waals surface area contributed by atoms with E-state index in [9.17, 15) is 4.79 Å². The number of carbonyl (C=O) groups is 1. The second-order valence-electron chi connectivity index (χ2n) is 7.47. The summed E-state index contributed by atoms with van der Waals surface area (Å²) in [6.07, 6.45) is 4.05. The molecule has 4 rings (SSSR count). The maximum atomic E-state index is 12.6. The Morgan fingerprint density at radius 1 is 1.13 bits per heavy atom. The number of benzene rings is 1. The van der Waals surface area contributed by atoms with Gasteiger partial charge in [-0.15, -0.1) is 23.1 Å². The summed E-state index contributed by atoms with van der Waals surface area (Å²) < 4.78 is 2.02. The Balaban J connectivity index is 1.34. The zero-order valence-electron chi connectivity index (χ0n) is 17.2. The largest absolute Gasteiger partial charge is 0.344 e. The van der Waals surface area contributed by atoms with Crippen LogP contribution in [0.4, 0.5) is 0 Å². The lowest BCUT2D eigenvalue weighted by molar-refractivity contribution is 0.0939. The molecular formula is C23H24N4OS2. The lowest BCUT2D eigenvalue weighted by atomic mass is 10.2. The van der Waals surface area contributed by atoms with Crippen molar-refractivity contribution in [3.05, 3.63) is 82.2 Å². The number of thiazole rings is 1. The number of thioether (sulfide) groups is 1. The first-order valence-corrected chi connectivity index (χ1v) is 11.8. The Hall–Kier alpha value is -2.64. The molecule has 0 fully saturated rings. The molecule has 1 aromatic carbocycles. The number of amides is 1. The van der Waals surface area contributed by atoms with Gasteiger partial charge in [-0.3, -0.25) is 4.79 Å². The van der Waals surface area contributed by atoms with E-state index in [-0.39, 0.29) is 11.9 Å². The quantitative estimate of drug-likeness (QED) is 0.378. The number of hydrogen-bond acceptors (Lipinski definition) is 5. The number of hydrogen-bond donors (Lipinski definition) is 1. The van der Waals surface area contributed by atoms with Gasteiger partial charge in [0.15, 0.2) is 0 Å². The molecule has 154 valence electrons. The van der Waals surface area contributed by atoms with Gasteiger partial charge < -0.3 is 9.72 Å². The van der Waals surface area contributed by atoms with E-state index in [4.69, 9.17) is 0 Å². The van der Waals surface area contributed by atoms with Gasteiger partial charge in [-0.1, -0.05) is 19.9 Å². The van der Waals surface area contributed by atoms with E-state index < -0.39 is 0 Å². The van der Waals surface area contributed by atoms with Gasteiger partial charge in [-0.25, -0.2) is 9.97 Å². The van der Waals surface area contributed by atoms with Gasteiger partial charge in [0.25, 0.3) is 5.91 Å². The van der Waals surface area contributed by atoms with Gasteiger partial charge >= 0.3 is 0 Å².